The van der Waals surface area contributed by atoms with Crippen molar-refractivity contribution in [3.05, 3.63) is 57.2 Å². The largest absolute Gasteiger partial charge is 0.497 e. The van der Waals surface area contributed by atoms with Gasteiger partial charge in [0.05, 0.1) is 12.7 Å². The van der Waals surface area contributed by atoms with E-state index >= 15 is 0 Å². The third kappa shape index (κ3) is 3.26. The van der Waals surface area contributed by atoms with Crippen LogP contribution in [0, 0.1) is 10.5 Å². The summed E-state index contributed by atoms with van der Waals surface area (Å²) in [5.74, 6) is 0.683. The molecule has 19 heavy (non-hydrogen) atoms. The first-order chi connectivity index (χ1) is 9.11. The summed E-state index contributed by atoms with van der Waals surface area (Å²) in [5, 5.41) is 2.92. The van der Waals surface area contributed by atoms with Crippen LogP contribution in [0.2, 0.25) is 0 Å². The molecular formula is C15H14INO2. The number of hydrogen-bond donors (Lipinski definition) is 1. The van der Waals surface area contributed by atoms with Crippen LogP contribution in [-0.4, -0.2) is 13.0 Å². The van der Waals surface area contributed by atoms with Gasteiger partial charge in [-0.3, -0.25) is 4.79 Å². The van der Waals surface area contributed by atoms with Gasteiger partial charge < -0.3 is 10.1 Å². The van der Waals surface area contributed by atoms with E-state index in [2.05, 4.69) is 27.9 Å². The van der Waals surface area contributed by atoms with E-state index in [1.807, 2.05) is 49.4 Å². The van der Waals surface area contributed by atoms with Crippen LogP contribution < -0.4 is 10.1 Å². The van der Waals surface area contributed by atoms with Crippen molar-refractivity contribution in [1.82, 2.24) is 0 Å². The van der Waals surface area contributed by atoms with Gasteiger partial charge >= 0.3 is 0 Å². The average Bonchev–Trinajstić information content (AvgIpc) is 2.41. The Morgan fingerprint density at radius 1 is 1.21 bits per heavy atom. The van der Waals surface area contributed by atoms with Crippen molar-refractivity contribution >= 4 is 34.2 Å². The Kier molecular flexibility index (Phi) is 4.42. The summed E-state index contributed by atoms with van der Waals surface area (Å²) < 4.78 is 6.08. The summed E-state index contributed by atoms with van der Waals surface area (Å²) in [6, 6.07) is 13.1. The SMILES string of the molecule is COc1ccc(NC(=O)c2ccccc2I)c(C)c1. The third-order valence-corrected chi connectivity index (χ3v) is 3.74. The minimum Gasteiger partial charge on any atom is -0.497 e. The van der Waals surface area contributed by atoms with Crippen LogP contribution >= 0.6 is 22.6 Å². The summed E-state index contributed by atoms with van der Waals surface area (Å²) in [6.45, 7) is 1.94. The minimum atomic E-state index is -0.0988. The molecule has 98 valence electrons. The number of benzene rings is 2. The molecule has 3 nitrogen and oxygen atoms in total. The Hall–Kier alpha value is -1.56. The fraction of sp³-hybridized carbons (Fsp3) is 0.133. The van der Waals surface area contributed by atoms with Crippen LogP contribution in [0.1, 0.15) is 15.9 Å². The van der Waals surface area contributed by atoms with E-state index in [1.54, 1.807) is 7.11 Å². The molecule has 0 aliphatic carbocycles. The second kappa shape index (κ2) is 6.06. The van der Waals surface area contributed by atoms with Crippen molar-refractivity contribution < 1.29 is 9.53 Å². The van der Waals surface area contributed by atoms with Crippen molar-refractivity contribution in [3.8, 4) is 5.75 Å². The van der Waals surface area contributed by atoms with Crippen molar-refractivity contribution in [2.75, 3.05) is 12.4 Å². The van der Waals surface area contributed by atoms with E-state index in [0.29, 0.717) is 5.56 Å². The zero-order valence-electron chi connectivity index (χ0n) is 10.7. The first kappa shape index (κ1) is 13.9. The van der Waals surface area contributed by atoms with Crippen molar-refractivity contribution in [2.45, 2.75) is 6.92 Å². The lowest BCUT2D eigenvalue weighted by Crippen LogP contribution is -2.14. The number of nitrogens with one attached hydrogen (secondary N) is 1. The molecule has 1 amide bonds. The number of ether oxygens (including phenoxy) is 1. The first-order valence-electron chi connectivity index (χ1n) is 5.82. The molecule has 4 heteroatoms. The van der Waals surface area contributed by atoms with E-state index in [-0.39, 0.29) is 5.91 Å². The highest BCUT2D eigenvalue weighted by Gasteiger charge is 2.10. The second-order valence-corrected chi connectivity index (χ2v) is 5.28. The molecule has 2 aromatic rings. The average molecular weight is 367 g/mol. The lowest BCUT2D eigenvalue weighted by molar-refractivity contribution is 0.102. The highest BCUT2D eigenvalue weighted by molar-refractivity contribution is 14.1. The minimum absolute atomic E-state index is 0.0988. The maximum Gasteiger partial charge on any atom is 0.256 e. The maximum atomic E-state index is 12.2. The van der Waals surface area contributed by atoms with Gasteiger partial charge in [0.25, 0.3) is 5.91 Å². The molecular weight excluding hydrogens is 353 g/mol. The van der Waals surface area contributed by atoms with Gasteiger partial charge in [0, 0.05) is 9.26 Å². The van der Waals surface area contributed by atoms with Gasteiger partial charge in [-0.15, -0.1) is 0 Å². The zero-order valence-corrected chi connectivity index (χ0v) is 12.9. The molecule has 0 radical (unpaired) electrons. The molecule has 0 saturated heterocycles. The number of methoxy groups -OCH3 is 1. The van der Waals surface area contributed by atoms with Crippen LogP contribution in [0.5, 0.6) is 5.75 Å². The maximum absolute atomic E-state index is 12.2. The molecule has 1 N–H and O–H groups in total. The summed E-state index contributed by atoms with van der Waals surface area (Å²) >= 11 is 2.16. The van der Waals surface area contributed by atoms with Gasteiger partial charge in [-0.25, -0.2) is 0 Å². The van der Waals surface area contributed by atoms with Gasteiger partial charge in [0.15, 0.2) is 0 Å². The molecule has 0 aliphatic rings. The molecule has 0 bridgehead atoms. The molecule has 0 fully saturated rings. The van der Waals surface area contributed by atoms with Crippen molar-refractivity contribution in [3.63, 3.8) is 0 Å². The van der Waals surface area contributed by atoms with Gasteiger partial charge in [0.1, 0.15) is 5.75 Å². The number of carbonyl (C=O) groups excluding carboxylic acids is 1. The van der Waals surface area contributed by atoms with E-state index in [4.69, 9.17) is 4.74 Å². The lowest BCUT2D eigenvalue weighted by atomic mass is 10.1. The van der Waals surface area contributed by atoms with Gasteiger partial charge in [-0.1, -0.05) is 12.1 Å². The van der Waals surface area contributed by atoms with Crippen molar-refractivity contribution in [1.29, 1.82) is 0 Å². The molecule has 2 rings (SSSR count). The number of hydrogen-bond acceptors (Lipinski definition) is 2. The predicted molar refractivity (Wildman–Crippen MR) is 84.8 cm³/mol. The molecule has 0 atom stereocenters. The Morgan fingerprint density at radius 2 is 1.95 bits per heavy atom. The summed E-state index contributed by atoms with van der Waals surface area (Å²) in [6.07, 6.45) is 0. The Morgan fingerprint density at radius 3 is 2.58 bits per heavy atom. The first-order valence-corrected chi connectivity index (χ1v) is 6.90. The van der Waals surface area contributed by atoms with Gasteiger partial charge in [0.2, 0.25) is 0 Å². The van der Waals surface area contributed by atoms with Crippen LogP contribution in [0.3, 0.4) is 0 Å². The van der Waals surface area contributed by atoms with E-state index in [0.717, 1.165) is 20.6 Å². The molecule has 0 spiro atoms. The molecule has 0 saturated carbocycles. The number of rotatable bonds is 3. The predicted octanol–water partition coefficient (Wildman–Crippen LogP) is 3.86. The molecule has 0 aliphatic heterocycles. The molecule has 0 heterocycles. The number of anilines is 1. The zero-order chi connectivity index (χ0) is 13.8. The normalized spacial score (nSPS) is 10.1. The Balaban J connectivity index is 2.22. The fourth-order valence-corrected chi connectivity index (χ4v) is 2.37. The van der Waals surface area contributed by atoms with E-state index < -0.39 is 0 Å². The molecule has 0 unspecified atom stereocenters. The lowest BCUT2D eigenvalue weighted by Gasteiger charge is -2.10. The third-order valence-electron chi connectivity index (χ3n) is 2.80. The van der Waals surface area contributed by atoms with Crippen LogP contribution in [-0.2, 0) is 0 Å². The van der Waals surface area contributed by atoms with Crippen LogP contribution in [0.4, 0.5) is 5.69 Å². The number of halogens is 1. The number of carbonyl (C=O) groups is 1. The standard InChI is InChI=1S/C15H14INO2/c1-10-9-11(19-2)7-8-14(10)17-15(18)12-5-3-4-6-13(12)16/h3-9H,1-2H3,(H,17,18). The molecule has 2 aromatic carbocycles. The van der Waals surface area contributed by atoms with Crippen LogP contribution in [0.25, 0.3) is 0 Å². The Bertz CT molecular complexity index is 611. The highest BCUT2D eigenvalue weighted by Crippen LogP contribution is 2.22. The van der Waals surface area contributed by atoms with E-state index in [1.165, 1.54) is 0 Å². The highest BCUT2D eigenvalue weighted by atomic mass is 127. The summed E-state index contributed by atoms with van der Waals surface area (Å²) in [5.41, 5.74) is 2.45. The van der Waals surface area contributed by atoms with Gasteiger partial charge in [-0.05, 0) is 65.4 Å². The summed E-state index contributed by atoms with van der Waals surface area (Å²) in [7, 11) is 1.62. The number of amides is 1. The Labute approximate surface area is 126 Å². The summed E-state index contributed by atoms with van der Waals surface area (Å²) in [4.78, 5) is 12.2. The van der Waals surface area contributed by atoms with E-state index in [9.17, 15) is 4.79 Å². The fourth-order valence-electron chi connectivity index (χ4n) is 1.74. The number of aryl methyl sites for hydroxylation is 1. The quantitative estimate of drug-likeness (QED) is 0.837. The van der Waals surface area contributed by atoms with Crippen LogP contribution in [0.15, 0.2) is 42.5 Å². The topological polar surface area (TPSA) is 38.3 Å². The smallest absolute Gasteiger partial charge is 0.256 e. The monoisotopic (exact) mass is 367 g/mol. The second-order valence-electron chi connectivity index (χ2n) is 4.11. The van der Waals surface area contributed by atoms with Crippen molar-refractivity contribution in [2.24, 2.45) is 0 Å². The van der Waals surface area contributed by atoms with Gasteiger partial charge in [-0.2, -0.15) is 0 Å². The molecule has 0 aromatic heterocycles.